The minimum atomic E-state index is 0.161. The number of hydrogen-bond acceptors (Lipinski definition) is 2. The molecule has 1 atom stereocenters. The van der Waals surface area contributed by atoms with Crippen molar-refractivity contribution >= 4 is 5.91 Å². The third kappa shape index (κ3) is 2.99. The summed E-state index contributed by atoms with van der Waals surface area (Å²) in [5.41, 5.74) is 3.78. The van der Waals surface area contributed by atoms with E-state index in [4.69, 9.17) is 0 Å². The fourth-order valence-corrected chi connectivity index (χ4v) is 3.08. The summed E-state index contributed by atoms with van der Waals surface area (Å²) in [7, 11) is 0. The molecule has 1 aliphatic rings. The average Bonchev–Trinajstić information content (AvgIpc) is 3.09. The molecule has 0 saturated carbocycles. The number of benzene rings is 1. The molecule has 0 spiro atoms. The zero-order valence-electron chi connectivity index (χ0n) is 12.6. The van der Waals surface area contributed by atoms with Crippen LogP contribution in [0.5, 0.6) is 0 Å². The summed E-state index contributed by atoms with van der Waals surface area (Å²) in [5.74, 6) is 0.628. The van der Waals surface area contributed by atoms with Gasteiger partial charge in [0.25, 0.3) is 0 Å². The van der Waals surface area contributed by atoms with Gasteiger partial charge in [-0.2, -0.15) is 5.10 Å². The van der Waals surface area contributed by atoms with Gasteiger partial charge in [-0.25, -0.2) is 0 Å². The summed E-state index contributed by atoms with van der Waals surface area (Å²) < 4.78 is 1.72. The third-order valence-electron chi connectivity index (χ3n) is 4.23. The lowest BCUT2D eigenvalue weighted by molar-refractivity contribution is -0.131. The summed E-state index contributed by atoms with van der Waals surface area (Å²) in [5, 5.41) is 4.19. The molecular formula is C17H21N3O. The zero-order chi connectivity index (χ0) is 14.8. The van der Waals surface area contributed by atoms with Crippen LogP contribution in [0, 0.1) is 13.8 Å². The van der Waals surface area contributed by atoms with Crippen molar-refractivity contribution in [3.63, 3.8) is 0 Å². The Bertz CT molecular complexity index is 647. The molecule has 2 aromatic rings. The molecule has 1 fully saturated rings. The van der Waals surface area contributed by atoms with Gasteiger partial charge >= 0.3 is 0 Å². The van der Waals surface area contributed by atoms with Crippen LogP contribution in [0.4, 0.5) is 0 Å². The second-order valence-corrected chi connectivity index (χ2v) is 5.90. The third-order valence-corrected chi connectivity index (χ3v) is 4.23. The minimum absolute atomic E-state index is 0.161. The van der Waals surface area contributed by atoms with Crippen molar-refractivity contribution in [1.82, 2.24) is 14.7 Å². The standard InChI is InChI=1S/C17H21N3O/c1-13-9-18-20(10-13)12-17(21)19-8-7-15(11-19)16-6-4-3-5-14(16)2/h3-6,9-10,15H,7-8,11-12H2,1-2H3/t15-/m0/s1. The van der Waals surface area contributed by atoms with Crippen LogP contribution >= 0.6 is 0 Å². The molecule has 0 aliphatic carbocycles. The Hall–Kier alpha value is -2.10. The number of likely N-dealkylation sites (tertiary alicyclic amines) is 1. The van der Waals surface area contributed by atoms with Crippen molar-refractivity contribution in [3.05, 3.63) is 53.3 Å². The topological polar surface area (TPSA) is 38.1 Å². The number of carbonyl (C=O) groups excluding carboxylic acids is 1. The fourth-order valence-electron chi connectivity index (χ4n) is 3.08. The Morgan fingerprint density at radius 1 is 1.33 bits per heavy atom. The van der Waals surface area contributed by atoms with Gasteiger partial charge in [0, 0.05) is 25.2 Å². The van der Waals surface area contributed by atoms with E-state index >= 15 is 0 Å². The van der Waals surface area contributed by atoms with E-state index in [9.17, 15) is 4.79 Å². The maximum atomic E-state index is 12.4. The second kappa shape index (κ2) is 5.72. The lowest BCUT2D eigenvalue weighted by Crippen LogP contribution is -2.31. The van der Waals surface area contributed by atoms with Crippen LogP contribution in [0.1, 0.15) is 29.0 Å². The molecule has 1 aliphatic heterocycles. The van der Waals surface area contributed by atoms with E-state index < -0.39 is 0 Å². The first-order chi connectivity index (χ1) is 10.1. The number of aryl methyl sites for hydroxylation is 2. The molecule has 4 nitrogen and oxygen atoms in total. The van der Waals surface area contributed by atoms with E-state index in [2.05, 4.69) is 36.3 Å². The van der Waals surface area contributed by atoms with Crippen LogP contribution in [-0.2, 0) is 11.3 Å². The van der Waals surface area contributed by atoms with Crippen molar-refractivity contribution in [2.24, 2.45) is 0 Å². The van der Waals surface area contributed by atoms with Crippen molar-refractivity contribution in [2.45, 2.75) is 32.7 Å². The van der Waals surface area contributed by atoms with Crippen LogP contribution in [0.15, 0.2) is 36.7 Å². The largest absolute Gasteiger partial charge is 0.340 e. The van der Waals surface area contributed by atoms with Gasteiger partial charge in [-0.1, -0.05) is 24.3 Å². The van der Waals surface area contributed by atoms with Crippen LogP contribution in [0.25, 0.3) is 0 Å². The SMILES string of the molecule is Cc1cnn(CC(=O)N2CC[C@H](c3ccccc3C)C2)c1. The lowest BCUT2D eigenvalue weighted by atomic mass is 9.94. The highest BCUT2D eigenvalue weighted by Crippen LogP contribution is 2.29. The molecule has 1 aromatic carbocycles. The number of aromatic nitrogens is 2. The monoisotopic (exact) mass is 283 g/mol. The highest BCUT2D eigenvalue weighted by molar-refractivity contribution is 5.76. The van der Waals surface area contributed by atoms with Crippen molar-refractivity contribution in [1.29, 1.82) is 0 Å². The molecule has 2 heterocycles. The molecule has 3 rings (SSSR count). The van der Waals surface area contributed by atoms with Gasteiger partial charge in [0.2, 0.25) is 5.91 Å². The maximum absolute atomic E-state index is 12.4. The van der Waals surface area contributed by atoms with Gasteiger partial charge in [0.05, 0.1) is 6.20 Å². The van der Waals surface area contributed by atoms with Crippen LogP contribution < -0.4 is 0 Å². The van der Waals surface area contributed by atoms with Gasteiger partial charge in [-0.05, 0) is 37.0 Å². The molecule has 0 unspecified atom stereocenters. The first-order valence-electron chi connectivity index (χ1n) is 7.46. The van der Waals surface area contributed by atoms with Crippen molar-refractivity contribution < 1.29 is 4.79 Å². The minimum Gasteiger partial charge on any atom is -0.340 e. The van der Waals surface area contributed by atoms with Crippen molar-refractivity contribution in [3.8, 4) is 0 Å². The zero-order valence-corrected chi connectivity index (χ0v) is 12.6. The molecule has 0 bridgehead atoms. The van der Waals surface area contributed by atoms with Crippen LogP contribution in [0.3, 0.4) is 0 Å². The Morgan fingerprint density at radius 2 is 2.14 bits per heavy atom. The molecule has 110 valence electrons. The van der Waals surface area contributed by atoms with Crippen LogP contribution in [0.2, 0.25) is 0 Å². The number of hydrogen-bond donors (Lipinski definition) is 0. The molecule has 21 heavy (non-hydrogen) atoms. The van der Waals surface area contributed by atoms with E-state index in [0.29, 0.717) is 12.5 Å². The molecular weight excluding hydrogens is 262 g/mol. The number of nitrogens with zero attached hydrogens (tertiary/aromatic N) is 3. The smallest absolute Gasteiger partial charge is 0.244 e. The first kappa shape index (κ1) is 13.9. The van der Waals surface area contributed by atoms with Gasteiger partial charge in [-0.3, -0.25) is 9.48 Å². The summed E-state index contributed by atoms with van der Waals surface area (Å²) in [4.78, 5) is 14.3. The predicted octanol–water partition coefficient (Wildman–Crippen LogP) is 2.52. The van der Waals surface area contributed by atoms with Gasteiger partial charge in [0.15, 0.2) is 0 Å². The summed E-state index contributed by atoms with van der Waals surface area (Å²) in [6, 6.07) is 8.48. The van der Waals surface area contributed by atoms with E-state index in [1.807, 2.05) is 18.0 Å². The second-order valence-electron chi connectivity index (χ2n) is 5.90. The lowest BCUT2D eigenvalue weighted by Gasteiger charge is -2.17. The Balaban J connectivity index is 1.64. The fraction of sp³-hybridized carbons (Fsp3) is 0.412. The van der Waals surface area contributed by atoms with Gasteiger partial charge in [-0.15, -0.1) is 0 Å². The molecule has 4 heteroatoms. The summed E-state index contributed by atoms with van der Waals surface area (Å²) in [6.45, 7) is 6.14. The molecule has 0 radical (unpaired) electrons. The molecule has 1 amide bonds. The van der Waals surface area contributed by atoms with Gasteiger partial charge < -0.3 is 4.90 Å². The molecule has 0 N–H and O–H groups in total. The van der Waals surface area contributed by atoms with E-state index in [1.54, 1.807) is 10.9 Å². The van der Waals surface area contributed by atoms with E-state index in [1.165, 1.54) is 11.1 Å². The quantitative estimate of drug-likeness (QED) is 0.868. The first-order valence-corrected chi connectivity index (χ1v) is 7.46. The van der Waals surface area contributed by atoms with E-state index in [0.717, 1.165) is 25.1 Å². The predicted molar refractivity (Wildman–Crippen MR) is 82.1 cm³/mol. The Kier molecular flexibility index (Phi) is 3.78. The highest BCUT2D eigenvalue weighted by atomic mass is 16.2. The summed E-state index contributed by atoms with van der Waals surface area (Å²) >= 11 is 0. The maximum Gasteiger partial charge on any atom is 0.244 e. The van der Waals surface area contributed by atoms with Crippen molar-refractivity contribution in [2.75, 3.05) is 13.1 Å². The number of rotatable bonds is 3. The van der Waals surface area contributed by atoms with Gasteiger partial charge in [0.1, 0.15) is 6.54 Å². The average molecular weight is 283 g/mol. The van der Waals surface area contributed by atoms with E-state index in [-0.39, 0.29) is 5.91 Å². The number of amides is 1. The Labute approximate surface area is 125 Å². The Morgan fingerprint density at radius 3 is 2.86 bits per heavy atom. The molecule has 1 saturated heterocycles. The highest BCUT2D eigenvalue weighted by Gasteiger charge is 2.28. The summed E-state index contributed by atoms with van der Waals surface area (Å²) in [6.07, 6.45) is 4.74. The molecule has 1 aromatic heterocycles. The van der Waals surface area contributed by atoms with Crippen LogP contribution in [-0.4, -0.2) is 33.7 Å². The number of carbonyl (C=O) groups is 1. The normalized spacial score (nSPS) is 18.2.